The number of hydrogen-bond donors (Lipinski definition) is 0. The standard InChI is InChI=1S/C20H29FN2O3S/c1-15(2)10-22-11-17(26-14-16-6-4-5-7-18(16)21)12-23(13-20(22)25)19(24)8-9-27-3/h4-7,15,17H,8-14H2,1-3H3/t17-/m1/s1. The molecule has 1 fully saturated rings. The second-order valence-corrected chi connectivity index (χ2v) is 8.22. The Balaban J connectivity index is 2.09. The molecule has 0 spiro atoms. The van der Waals surface area contributed by atoms with Crippen LogP contribution in [0.5, 0.6) is 0 Å². The predicted octanol–water partition coefficient (Wildman–Crippen LogP) is 2.79. The second-order valence-electron chi connectivity index (χ2n) is 7.23. The van der Waals surface area contributed by atoms with Gasteiger partial charge in [0.15, 0.2) is 0 Å². The van der Waals surface area contributed by atoms with Crippen LogP contribution in [0.4, 0.5) is 4.39 Å². The number of carbonyl (C=O) groups is 2. The maximum Gasteiger partial charge on any atom is 0.242 e. The first-order chi connectivity index (χ1) is 12.9. The molecule has 7 heteroatoms. The molecule has 1 aliphatic rings. The van der Waals surface area contributed by atoms with Gasteiger partial charge in [0.25, 0.3) is 0 Å². The number of amides is 2. The molecule has 1 aliphatic heterocycles. The maximum absolute atomic E-state index is 13.9. The van der Waals surface area contributed by atoms with Crippen molar-refractivity contribution < 1.29 is 18.7 Å². The highest BCUT2D eigenvalue weighted by Gasteiger charge is 2.31. The third kappa shape index (κ3) is 6.81. The van der Waals surface area contributed by atoms with Crippen molar-refractivity contribution in [1.29, 1.82) is 0 Å². The lowest BCUT2D eigenvalue weighted by Crippen LogP contribution is -2.40. The molecule has 2 amide bonds. The third-order valence-electron chi connectivity index (χ3n) is 4.42. The minimum absolute atomic E-state index is 0.0383. The summed E-state index contributed by atoms with van der Waals surface area (Å²) in [5, 5.41) is 0. The number of hydrogen-bond acceptors (Lipinski definition) is 4. The first kappa shape index (κ1) is 21.7. The van der Waals surface area contributed by atoms with Gasteiger partial charge in [0, 0.05) is 37.4 Å². The van der Waals surface area contributed by atoms with E-state index in [1.54, 1.807) is 39.8 Å². The van der Waals surface area contributed by atoms with E-state index >= 15 is 0 Å². The molecule has 0 aliphatic carbocycles. The van der Waals surface area contributed by atoms with Crippen LogP contribution in [0.15, 0.2) is 24.3 Å². The quantitative estimate of drug-likeness (QED) is 0.678. The van der Waals surface area contributed by atoms with Crippen LogP contribution in [0.25, 0.3) is 0 Å². The Hall–Kier alpha value is -1.60. The maximum atomic E-state index is 13.9. The number of carbonyl (C=O) groups excluding carboxylic acids is 2. The molecule has 0 unspecified atom stereocenters. The highest BCUT2D eigenvalue weighted by atomic mass is 32.2. The van der Waals surface area contributed by atoms with E-state index in [1.807, 2.05) is 6.26 Å². The van der Waals surface area contributed by atoms with Crippen molar-refractivity contribution in [2.24, 2.45) is 5.92 Å². The summed E-state index contributed by atoms with van der Waals surface area (Å²) in [7, 11) is 0. The Labute approximate surface area is 165 Å². The van der Waals surface area contributed by atoms with E-state index in [-0.39, 0.29) is 36.9 Å². The summed E-state index contributed by atoms with van der Waals surface area (Å²) in [4.78, 5) is 28.5. The predicted molar refractivity (Wildman–Crippen MR) is 106 cm³/mol. The Morgan fingerprint density at radius 3 is 2.74 bits per heavy atom. The largest absolute Gasteiger partial charge is 0.370 e. The van der Waals surface area contributed by atoms with Crippen molar-refractivity contribution in [3.8, 4) is 0 Å². The van der Waals surface area contributed by atoms with Crippen LogP contribution in [0.3, 0.4) is 0 Å². The van der Waals surface area contributed by atoms with Crippen LogP contribution in [-0.4, -0.2) is 65.9 Å². The SMILES string of the molecule is CSCCC(=O)N1CC(=O)N(CC(C)C)C[C@@H](OCc2ccccc2F)C1. The highest BCUT2D eigenvalue weighted by Crippen LogP contribution is 2.15. The van der Waals surface area contributed by atoms with Gasteiger partial charge in [0.1, 0.15) is 5.82 Å². The van der Waals surface area contributed by atoms with Crippen LogP contribution in [0, 0.1) is 11.7 Å². The van der Waals surface area contributed by atoms with Crippen molar-refractivity contribution in [2.45, 2.75) is 33.0 Å². The normalized spacial score (nSPS) is 18.1. The van der Waals surface area contributed by atoms with E-state index in [0.717, 1.165) is 5.75 Å². The van der Waals surface area contributed by atoms with Crippen molar-refractivity contribution in [1.82, 2.24) is 9.80 Å². The fraction of sp³-hybridized carbons (Fsp3) is 0.600. The van der Waals surface area contributed by atoms with Gasteiger partial charge in [-0.3, -0.25) is 9.59 Å². The minimum Gasteiger partial charge on any atom is -0.370 e. The molecule has 0 N–H and O–H groups in total. The van der Waals surface area contributed by atoms with Gasteiger partial charge in [0.05, 0.1) is 19.3 Å². The lowest BCUT2D eigenvalue weighted by Gasteiger charge is -2.26. The molecule has 2 rings (SSSR count). The smallest absolute Gasteiger partial charge is 0.242 e. The molecule has 27 heavy (non-hydrogen) atoms. The Kier molecular flexibility index (Phi) is 8.57. The molecule has 1 aromatic carbocycles. The molecule has 1 atom stereocenters. The van der Waals surface area contributed by atoms with Crippen LogP contribution >= 0.6 is 11.8 Å². The van der Waals surface area contributed by atoms with E-state index in [4.69, 9.17) is 4.74 Å². The van der Waals surface area contributed by atoms with Crippen molar-refractivity contribution >= 4 is 23.6 Å². The number of ether oxygens (including phenoxy) is 1. The molecular weight excluding hydrogens is 367 g/mol. The van der Waals surface area contributed by atoms with Crippen molar-refractivity contribution in [3.05, 3.63) is 35.6 Å². The Bertz CT molecular complexity index is 641. The molecule has 0 aromatic heterocycles. The molecular formula is C20H29FN2O3S. The van der Waals surface area contributed by atoms with Crippen LogP contribution in [0.1, 0.15) is 25.8 Å². The molecule has 1 aromatic rings. The van der Waals surface area contributed by atoms with Gasteiger partial charge < -0.3 is 14.5 Å². The summed E-state index contributed by atoms with van der Waals surface area (Å²) in [6, 6.07) is 6.49. The van der Waals surface area contributed by atoms with E-state index in [2.05, 4.69) is 13.8 Å². The molecule has 0 bridgehead atoms. The van der Waals surface area contributed by atoms with Gasteiger partial charge in [-0.15, -0.1) is 0 Å². The molecule has 150 valence electrons. The van der Waals surface area contributed by atoms with E-state index in [1.165, 1.54) is 6.07 Å². The van der Waals surface area contributed by atoms with Crippen LogP contribution in [-0.2, 0) is 20.9 Å². The summed E-state index contributed by atoms with van der Waals surface area (Å²) in [6.45, 7) is 5.68. The Morgan fingerprint density at radius 1 is 1.33 bits per heavy atom. The van der Waals surface area contributed by atoms with Gasteiger partial charge in [0.2, 0.25) is 11.8 Å². The lowest BCUT2D eigenvalue weighted by atomic mass is 10.2. The summed E-state index contributed by atoms with van der Waals surface area (Å²) in [6.07, 6.45) is 2.01. The first-order valence-electron chi connectivity index (χ1n) is 9.30. The summed E-state index contributed by atoms with van der Waals surface area (Å²) >= 11 is 1.60. The average molecular weight is 397 g/mol. The van der Waals surface area contributed by atoms with Gasteiger partial charge in [-0.2, -0.15) is 11.8 Å². The summed E-state index contributed by atoms with van der Waals surface area (Å²) in [5.74, 6) is 0.635. The summed E-state index contributed by atoms with van der Waals surface area (Å²) < 4.78 is 19.8. The molecule has 0 saturated carbocycles. The first-order valence-corrected chi connectivity index (χ1v) is 10.7. The Morgan fingerprint density at radius 2 is 2.07 bits per heavy atom. The van der Waals surface area contributed by atoms with Gasteiger partial charge in [-0.1, -0.05) is 32.0 Å². The van der Waals surface area contributed by atoms with Gasteiger partial charge in [-0.25, -0.2) is 4.39 Å². The number of nitrogens with zero attached hydrogens (tertiary/aromatic N) is 2. The van der Waals surface area contributed by atoms with E-state index in [9.17, 15) is 14.0 Å². The molecule has 0 radical (unpaired) electrons. The fourth-order valence-corrected chi connectivity index (χ4v) is 3.44. The fourth-order valence-electron chi connectivity index (χ4n) is 3.06. The number of thioether (sulfide) groups is 1. The minimum atomic E-state index is -0.340. The third-order valence-corrected chi connectivity index (χ3v) is 5.03. The van der Waals surface area contributed by atoms with Crippen molar-refractivity contribution in [2.75, 3.05) is 38.2 Å². The van der Waals surface area contributed by atoms with E-state index < -0.39 is 0 Å². The second kappa shape index (κ2) is 10.7. The van der Waals surface area contributed by atoms with E-state index in [0.29, 0.717) is 37.5 Å². The zero-order valence-electron chi connectivity index (χ0n) is 16.3. The van der Waals surface area contributed by atoms with Crippen LogP contribution < -0.4 is 0 Å². The average Bonchev–Trinajstić information content (AvgIpc) is 2.78. The van der Waals surface area contributed by atoms with Gasteiger partial charge in [-0.05, 0) is 18.2 Å². The highest BCUT2D eigenvalue weighted by molar-refractivity contribution is 7.98. The number of halogens is 1. The van der Waals surface area contributed by atoms with Crippen molar-refractivity contribution in [3.63, 3.8) is 0 Å². The molecule has 1 heterocycles. The zero-order valence-corrected chi connectivity index (χ0v) is 17.1. The van der Waals surface area contributed by atoms with Crippen LogP contribution in [0.2, 0.25) is 0 Å². The lowest BCUT2D eigenvalue weighted by molar-refractivity contribution is -0.138. The molecule has 1 saturated heterocycles. The summed E-state index contributed by atoms with van der Waals surface area (Å²) in [5.41, 5.74) is 0.476. The monoisotopic (exact) mass is 396 g/mol. The zero-order chi connectivity index (χ0) is 19.8. The number of rotatable bonds is 8. The molecule has 5 nitrogen and oxygen atoms in total. The van der Waals surface area contributed by atoms with Gasteiger partial charge >= 0.3 is 0 Å². The topological polar surface area (TPSA) is 49.9 Å². The number of benzene rings is 1.